The molecule has 2 aromatic rings. The average molecular weight is 415 g/mol. The number of aromatic nitrogens is 3. The number of nitrogen functional groups attached to an aromatic ring is 1. The normalized spacial score (nSPS) is 24.5. The van der Waals surface area contributed by atoms with E-state index in [2.05, 4.69) is 10.1 Å². The second kappa shape index (κ2) is 6.93. The van der Waals surface area contributed by atoms with Crippen molar-refractivity contribution in [2.45, 2.75) is 38.4 Å². The van der Waals surface area contributed by atoms with Crippen LogP contribution in [0.2, 0.25) is 0 Å². The zero-order chi connectivity index (χ0) is 21.1. The van der Waals surface area contributed by atoms with E-state index in [0.29, 0.717) is 18.8 Å². The van der Waals surface area contributed by atoms with E-state index in [4.69, 9.17) is 5.73 Å². The maximum Gasteiger partial charge on any atom is 0.419 e. The SMILES string of the molecule is CC(C)n1nc(-c2cnc(N)c(C(F)(F)F)c2)cc1C1[C@H]2CN(CC(F)F)C[C@@H]12. The van der Waals surface area contributed by atoms with Gasteiger partial charge in [-0.3, -0.25) is 9.58 Å². The Kier molecular flexibility index (Phi) is 4.79. The van der Waals surface area contributed by atoms with Crippen molar-refractivity contribution in [3.8, 4) is 11.3 Å². The van der Waals surface area contributed by atoms with Crippen LogP contribution in [0.3, 0.4) is 0 Å². The van der Waals surface area contributed by atoms with E-state index < -0.39 is 24.0 Å². The molecule has 29 heavy (non-hydrogen) atoms. The lowest BCUT2D eigenvalue weighted by Crippen LogP contribution is -2.29. The molecule has 4 rings (SSSR count). The Hall–Kier alpha value is -2.23. The average Bonchev–Trinajstić information content (AvgIpc) is 2.96. The number of alkyl halides is 5. The number of piperidine rings is 1. The highest BCUT2D eigenvalue weighted by molar-refractivity contribution is 5.63. The predicted molar refractivity (Wildman–Crippen MR) is 97.4 cm³/mol. The van der Waals surface area contributed by atoms with Crippen LogP contribution in [0.4, 0.5) is 27.8 Å². The fraction of sp³-hybridized carbons (Fsp3) is 0.579. The summed E-state index contributed by atoms with van der Waals surface area (Å²) >= 11 is 0. The van der Waals surface area contributed by atoms with Gasteiger partial charge in [-0.25, -0.2) is 13.8 Å². The largest absolute Gasteiger partial charge is 0.419 e. The lowest BCUT2D eigenvalue weighted by Gasteiger charge is -2.19. The Balaban J connectivity index is 1.61. The highest BCUT2D eigenvalue weighted by Gasteiger charge is 2.57. The number of hydrogen-bond donors (Lipinski definition) is 1. The van der Waals surface area contributed by atoms with Crippen molar-refractivity contribution in [3.05, 3.63) is 29.6 Å². The third-order valence-corrected chi connectivity index (χ3v) is 5.78. The van der Waals surface area contributed by atoms with Gasteiger partial charge >= 0.3 is 6.18 Å². The van der Waals surface area contributed by atoms with Crippen LogP contribution < -0.4 is 5.73 Å². The number of rotatable bonds is 5. The summed E-state index contributed by atoms with van der Waals surface area (Å²) in [6, 6.07) is 2.78. The molecule has 3 heterocycles. The first-order chi connectivity index (χ1) is 13.6. The van der Waals surface area contributed by atoms with Gasteiger partial charge in [-0.05, 0) is 37.8 Å². The Morgan fingerprint density at radius 3 is 2.38 bits per heavy atom. The maximum atomic E-state index is 13.2. The number of nitrogens with two attached hydrogens (primary N) is 1. The summed E-state index contributed by atoms with van der Waals surface area (Å²) in [5, 5.41) is 4.52. The lowest BCUT2D eigenvalue weighted by molar-refractivity contribution is -0.137. The molecule has 1 aliphatic carbocycles. The van der Waals surface area contributed by atoms with Crippen LogP contribution in [-0.4, -0.2) is 45.7 Å². The summed E-state index contributed by atoms with van der Waals surface area (Å²) in [5.41, 5.74) is 5.99. The number of pyridine rings is 1. The fourth-order valence-electron chi connectivity index (χ4n) is 4.45. The molecule has 10 heteroatoms. The minimum absolute atomic E-state index is 0.0149. The fourth-order valence-corrected chi connectivity index (χ4v) is 4.45. The van der Waals surface area contributed by atoms with Crippen molar-refractivity contribution in [1.82, 2.24) is 19.7 Å². The molecule has 1 saturated carbocycles. The van der Waals surface area contributed by atoms with E-state index in [1.54, 1.807) is 11.0 Å². The number of anilines is 1. The van der Waals surface area contributed by atoms with Crippen molar-refractivity contribution in [2.24, 2.45) is 11.8 Å². The van der Waals surface area contributed by atoms with Gasteiger partial charge in [-0.15, -0.1) is 0 Å². The van der Waals surface area contributed by atoms with E-state index in [1.165, 1.54) is 6.20 Å². The first kappa shape index (κ1) is 20.1. The predicted octanol–water partition coefficient (Wildman–Crippen LogP) is 4.04. The summed E-state index contributed by atoms with van der Waals surface area (Å²) in [6.45, 7) is 4.90. The van der Waals surface area contributed by atoms with Crippen LogP contribution in [0.1, 0.15) is 37.1 Å². The molecule has 0 bridgehead atoms. The molecule has 0 amide bonds. The zero-order valence-electron chi connectivity index (χ0n) is 16.0. The van der Waals surface area contributed by atoms with Crippen LogP contribution in [0.5, 0.6) is 0 Å². The topological polar surface area (TPSA) is 60.0 Å². The molecular formula is C19H22F5N5. The summed E-state index contributed by atoms with van der Waals surface area (Å²) < 4.78 is 66.6. The number of nitrogens with zero attached hydrogens (tertiary/aromatic N) is 4. The molecule has 2 aromatic heterocycles. The summed E-state index contributed by atoms with van der Waals surface area (Å²) in [5.74, 6) is 0.189. The molecule has 2 N–H and O–H groups in total. The second-order valence-corrected chi connectivity index (χ2v) is 8.11. The summed E-state index contributed by atoms with van der Waals surface area (Å²) in [7, 11) is 0. The van der Waals surface area contributed by atoms with E-state index in [-0.39, 0.29) is 35.9 Å². The summed E-state index contributed by atoms with van der Waals surface area (Å²) in [6.07, 6.45) is -5.66. The Morgan fingerprint density at radius 2 is 1.83 bits per heavy atom. The molecule has 5 nitrogen and oxygen atoms in total. The van der Waals surface area contributed by atoms with Crippen LogP contribution in [0.25, 0.3) is 11.3 Å². The van der Waals surface area contributed by atoms with Crippen LogP contribution in [-0.2, 0) is 6.18 Å². The van der Waals surface area contributed by atoms with Crippen LogP contribution in [0, 0.1) is 11.8 Å². The number of likely N-dealkylation sites (tertiary alicyclic amines) is 1. The van der Waals surface area contributed by atoms with Gasteiger partial charge in [0.2, 0.25) is 0 Å². The third kappa shape index (κ3) is 3.70. The first-order valence-electron chi connectivity index (χ1n) is 9.49. The standard InChI is InChI=1S/C19H22F5N5/c1-9(2)29-15(17-11-6-28(7-12(11)17)8-16(20)21)4-14(27-29)10-3-13(19(22,23)24)18(25)26-5-10/h3-5,9,11-12,16-17H,6-8H2,1-2H3,(H2,25,26)/t11-,12+,17?. The van der Waals surface area contributed by atoms with Crippen LogP contribution in [0.15, 0.2) is 18.3 Å². The van der Waals surface area contributed by atoms with E-state index in [0.717, 1.165) is 11.8 Å². The van der Waals surface area contributed by atoms with Crippen molar-refractivity contribution >= 4 is 5.82 Å². The van der Waals surface area contributed by atoms with Gasteiger partial charge in [0.25, 0.3) is 6.43 Å². The van der Waals surface area contributed by atoms with Crippen LogP contribution >= 0.6 is 0 Å². The van der Waals surface area contributed by atoms with Gasteiger partial charge in [-0.2, -0.15) is 18.3 Å². The summed E-state index contributed by atoms with van der Waals surface area (Å²) in [4.78, 5) is 5.46. The molecule has 2 aliphatic rings. The van der Waals surface area contributed by atoms with Gasteiger partial charge in [0.1, 0.15) is 5.82 Å². The van der Waals surface area contributed by atoms with Gasteiger partial charge in [0, 0.05) is 42.5 Å². The quantitative estimate of drug-likeness (QED) is 0.749. The zero-order valence-corrected chi connectivity index (χ0v) is 16.0. The minimum Gasteiger partial charge on any atom is -0.383 e. The molecule has 1 aliphatic heterocycles. The van der Waals surface area contributed by atoms with Crippen molar-refractivity contribution in [2.75, 3.05) is 25.4 Å². The number of fused-ring (bicyclic) bond motifs is 1. The molecule has 3 atom stereocenters. The van der Waals surface area contributed by atoms with Gasteiger partial charge in [0.15, 0.2) is 0 Å². The van der Waals surface area contributed by atoms with E-state index >= 15 is 0 Å². The van der Waals surface area contributed by atoms with Gasteiger partial charge < -0.3 is 5.73 Å². The molecule has 1 saturated heterocycles. The highest BCUT2D eigenvalue weighted by atomic mass is 19.4. The van der Waals surface area contributed by atoms with Gasteiger partial charge in [-0.1, -0.05) is 0 Å². The minimum atomic E-state index is -4.60. The van der Waals surface area contributed by atoms with Crippen molar-refractivity contribution in [1.29, 1.82) is 0 Å². The maximum absolute atomic E-state index is 13.2. The van der Waals surface area contributed by atoms with Crippen molar-refractivity contribution < 1.29 is 22.0 Å². The van der Waals surface area contributed by atoms with E-state index in [1.807, 2.05) is 18.5 Å². The van der Waals surface area contributed by atoms with E-state index in [9.17, 15) is 22.0 Å². The molecule has 0 radical (unpaired) electrons. The third-order valence-electron chi connectivity index (χ3n) is 5.78. The first-order valence-corrected chi connectivity index (χ1v) is 9.49. The number of halogens is 5. The highest BCUT2D eigenvalue weighted by Crippen LogP contribution is 2.58. The Bertz CT molecular complexity index is 895. The monoisotopic (exact) mass is 415 g/mol. The number of hydrogen-bond acceptors (Lipinski definition) is 4. The molecule has 0 aromatic carbocycles. The Labute approximate surface area is 164 Å². The van der Waals surface area contributed by atoms with Gasteiger partial charge in [0.05, 0.1) is 17.8 Å². The second-order valence-electron chi connectivity index (χ2n) is 8.11. The lowest BCUT2D eigenvalue weighted by atomic mass is 10.1. The molecule has 0 spiro atoms. The Morgan fingerprint density at radius 1 is 1.17 bits per heavy atom. The van der Waals surface area contributed by atoms with Crippen molar-refractivity contribution in [3.63, 3.8) is 0 Å². The molecular weight excluding hydrogens is 393 g/mol. The molecule has 1 unspecified atom stereocenters. The smallest absolute Gasteiger partial charge is 0.383 e. The molecule has 158 valence electrons. The molecule has 2 fully saturated rings.